The van der Waals surface area contributed by atoms with Gasteiger partial charge in [-0.1, -0.05) is 36.4 Å². The molecule has 3 nitrogen and oxygen atoms in total. The lowest BCUT2D eigenvalue weighted by molar-refractivity contribution is -0.115. The number of benzene rings is 2. The number of para-hydroxylation sites is 1. The molecule has 21 heavy (non-hydrogen) atoms. The third-order valence-electron chi connectivity index (χ3n) is 3.03. The van der Waals surface area contributed by atoms with Gasteiger partial charge in [-0.15, -0.1) is 11.8 Å². The number of anilines is 1. The van der Waals surface area contributed by atoms with Gasteiger partial charge in [0.05, 0.1) is 6.10 Å². The number of amides is 1. The van der Waals surface area contributed by atoms with Gasteiger partial charge in [0.15, 0.2) is 0 Å². The SMILES string of the molecule is CC(O)c1ccccc1NC(=O)CCSc1ccccc1. The largest absolute Gasteiger partial charge is 0.389 e. The smallest absolute Gasteiger partial charge is 0.225 e. The molecule has 0 aliphatic carbocycles. The first-order valence-electron chi connectivity index (χ1n) is 6.91. The highest BCUT2D eigenvalue weighted by Crippen LogP contribution is 2.23. The van der Waals surface area contributed by atoms with E-state index in [1.54, 1.807) is 18.7 Å². The second kappa shape index (κ2) is 7.86. The van der Waals surface area contributed by atoms with E-state index in [4.69, 9.17) is 0 Å². The minimum absolute atomic E-state index is 0.0356. The molecule has 0 aliphatic heterocycles. The van der Waals surface area contributed by atoms with Crippen molar-refractivity contribution in [3.8, 4) is 0 Å². The van der Waals surface area contributed by atoms with Crippen molar-refractivity contribution in [3.05, 3.63) is 60.2 Å². The van der Waals surface area contributed by atoms with E-state index in [1.807, 2.05) is 54.6 Å². The highest BCUT2D eigenvalue weighted by atomic mass is 32.2. The van der Waals surface area contributed by atoms with Gasteiger partial charge in [-0.3, -0.25) is 4.79 Å². The first-order valence-corrected chi connectivity index (χ1v) is 7.90. The molecular weight excluding hydrogens is 282 g/mol. The summed E-state index contributed by atoms with van der Waals surface area (Å²) in [6, 6.07) is 17.3. The van der Waals surface area contributed by atoms with Crippen LogP contribution in [0.3, 0.4) is 0 Å². The van der Waals surface area contributed by atoms with Gasteiger partial charge in [-0.25, -0.2) is 0 Å². The first-order chi connectivity index (χ1) is 10.2. The molecular formula is C17H19NO2S. The number of hydrogen-bond donors (Lipinski definition) is 2. The molecule has 1 amide bonds. The van der Waals surface area contributed by atoms with Crippen LogP contribution >= 0.6 is 11.8 Å². The highest BCUT2D eigenvalue weighted by Gasteiger charge is 2.09. The summed E-state index contributed by atoms with van der Waals surface area (Å²) in [5.74, 6) is 0.693. The topological polar surface area (TPSA) is 49.3 Å². The van der Waals surface area contributed by atoms with E-state index < -0.39 is 6.10 Å². The summed E-state index contributed by atoms with van der Waals surface area (Å²) < 4.78 is 0. The minimum Gasteiger partial charge on any atom is -0.389 e. The van der Waals surface area contributed by atoms with E-state index in [-0.39, 0.29) is 5.91 Å². The molecule has 0 aromatic heterocycles. The second-order valence-corrected chi connectivity index (χ2v) is 5.89. The van der Waals surface area contributed by atoms with E-state index in [0.717, 1.165) is 16.2 Å². The molecule has 2 N–H and O–H groups in total. The quantitative estimate of drug-likeness (QED) is 0.797. The molecule has 1 unspecified atom stereocenters. The Morgan fingerprint density at radius 2 is 1.81 bits per heavy atom. The van der Waals surface area contributed by atoms with Gasteiger partial charge in [0, 0.05) is 28.3 Å². The van der Waals surface area contributed by atoms with Crippen LogP contribution in [0.25, 0.3) is 0 Å². The van der Waals surface area contributed by atoms with Crippen LogP contribution in [0.1, 0.15) is 25.0 Å². The number of aliphatic hydroxyl groups is 1. The maximum atomic E-state index is 12.0. The van der Waals surface area contributed by atoms with E-state index in [1.165, 1.54) is 0 Å². The second-order valence-electron chi connectivity index (χ2n) is 4.72. The Labute approximate surface area is 129 Å². The van der Waals surface area contributed by atoms with Gasteiger partial charge in [0.25, 0.3) is 0 Å². The molecule has 0 saturated carbocycles. The molecule has 4 heteroatoms. The lowest BCUT2D eigenvalue weighted by atomic mass is 10.1. The van der Waals surface area contributed by atoms with Gasteiger partial charge in [0.1, 0.15) is 0 Å². The van der Waals surface area contributed by atoms with Crippen molar-refractivity contribution in [2.24, 2.45) is 0 Å². The number of aliphatic hydroxyl groups excluding tert-OH is 1. The highest BCUT2D eigenvalue weighted by molar-refractivity contribution is 7.99. The van der Waals surface area contributed by atoms with Crippen LogP contribution in [0.2, 0.25) is 0 Å². The number of carbonyl (C=O) groups is 1. The summed E-state index contributed by atoms with van der Waals surface area (Å²) in [6.45, 7) is 1.69. The fourth-order valence-corrected chi connectivity index (χ4v) is 2.84. The monoisotopic (exact) mass is 301 g/mol. The number of rotatable bonds is 6. The van der Waals surface area contributed by atoms with Crippen LogP contribution in [0, 0.1) is 0 Å². The predicted octanol–water partition coefficient (Wildman–Crippen LogP) is 3.86. The van der Waals surface area contributed by atoms with Crippen LogP contribution < -0.4 is 5.32 Å². The van der Waals surface area contributed by atoms with Crippen LogP contribution in [0.4, 0.5) is 5.69 Å². The fraction of sp³-hybridized carbons (Fsp3) is 0.235. The molecule has 0 aliphatic rings. The molecule has 0 fully saturated rings. The van der Waals surface area contributed by atoms with Crippen LogP contribution in [0.5, 0.6) is 0 Å². The van der Waals surface area contributed by atoms with E-state index in [0.29, 0.717) is 12.1 Å². The van der Waals surface area contributed by atoms with Crippen molar-refractivity contribution in [1.29, 1.82) is 0 Å². The maximum absolute atomic E-state index is 12.0. The zero-order valence-corrected chi connectivity index (χ0v) is 12.8. The number of thioether (sulfide) groups is 1. The van der Waals surface area contributed by atoms with Gasteiger partial charge in [-0.05, 0) is 25.1 Å². The van der Waals surface area contributed by atoms with Gasteiger partial charge in [0.2, 0.25) is 5.91 Å². The maximum Gasteiger partial charge on any atom is 0.225 e. The summed E-state index contributed by atoms with van der Waals surface area (Å²) in [5, 5.41) is 12.6. The summed E-state index contributed by atoms with van der Waals surface area (Å²) in [7, 11) is 0. The van der Waals surface area contributed by atoms with E-state index in [9.17, 15) is 9.90 Å². The number of nitrogens with one attached hydrogen (secondary N) is 1. The van der Waals surface area contributed by atoms with Crippen LogP contribution in [0.15, 0.2) is 59.5 Å². The first kappa shape index (κ1) is 15.6. The van der Waals surface area contributed by atoms with Crippen molar-refractivity contribution in [2.75, 3.05) is 11.1 Å². The summed E-state index contributed by atoms with van der Waals surface area (Å²) in [6.07, 6.45) is -0.159. The summed E-state index contributed by atoms with van der Waals surface area (Å²) in [5.41, 5.74) is 1.42. The van der Waals surface area contributed by atoms with Gasteiger partial charge in [-0.2, -0.15) is 0 Å². The number of carbonyl (C=O) groups excluding carboxylic acids is 1. The Hall–Kier alpha value is -1.78. The number of hydrogen-bond acceptors (Lipinski definition) is 3. The van der Waals surface area contributed by atoms with Crippen molar-refractivity contribution in [3.63, 3.8) is 0 Å². The van der Waals surface area contributed by atoms with Gasteiger partial charge < -0.3 is 10.4 Å². The lowest BCUT2D eigenvalue weighted by Crippen LogP contribution is -2.14. The molecule has 0 radical (unpaired) electrons. The van der Waals surface area contributed by atoms with Gasteiger partial charge >= 0.3 is 0 Å². The zero-order valence-electron chi connectivity index (χ0n) is 12.0. The Bertz CT molecular complexity index is 584. The fourth-order valence-electron chi connectivity index (χ4n) is 1.97. The molecule has 110 valence electrons. The Kier molecular flexibility index (Phi) is 5.84. The third kappa shape index (κ3) is 4.92. The average Bonchev–Trinajstić information content (AvgIpc) is 2.48. The molecule has 0 bridgehead atoms. The van der Waals surface area contributed by atoms with E-state index >= 15 is 0 Å². The predicted molar refractivity (Wildman–Crippen MR) is 87.5 cm³/mol. The van der Waals surface area contributed by atoms with E-state index in [2.05, 4.69) is 5.32 Å². The minimum atomic E-state index is -0.597. The summed E-state index contributed by atoms with van der Waals surface area (Å²) in [4.78, 5) is 13.1. The zero-order chi connectivity index (χ0) is 15.1. The molecule has 2 aromatic carbocycles. The molecule has 0 heterocycles. The van der Waals surface area contributed by atoms with Crippen LogP contribution in [-0.2, 0) is 4.79 Å². The molecule has 1 atom stereocenters. The van der Waals surface area contributed by atoms with Crippen molar-refractivity contribution in [2.45, 2.75) is 24.3 Å². The molecule has 0 saturated heterocycles. The van der Waals surface area contributed by atoms with Crippen LogP contribution in [-0.4, -0.2) is 16.8 Å². The summed E-state index contributed by atoms with van der Waals surface area (Å²) >= 11 is 1.66. The van der Waals surface area contributed by atoms with Crippen molar-refractivity contribution < 1.29 is 9.90 Å². The third-order valence-corrected chi connectivity index (χ3v) is 4.04. The Morgan fingerprint density at radius 3 is 2.52 bits per heavy atom. The Balaban J connectivity index is 1.85. The average molecular weight is 301 g/mol. The standard InChI is InChI=1S/C17H19NO2S/c1-13(19)15-9-5-6-10-16(15)18-17(20)11-12-21-14-7-3-2-4-8-14/h2-10,13,19H,11-12H2,1H3,(H,18,20). The normalized spacial score (nSPS) is 11.9. The molecule has 2 aromatic rings. The molecule has 0 spiro atoms. The Morgan fingerprint density at radius 1 is 1.14 bits per heavy atom. The van der Waals surface area contributed by atoms with Crippen molar-refractivity contribution in [1.82, 2.24) is 0 Å². The lowest BCUT2D eigenvalue weighted by Gasteiger charge is -2.12. The van der Waals surface area contributed by atoms with Crippen molar-refractivity contribution >= 4 is 23.4 Å². The molecule has 2 rings (SSSR count).